The summed E-state index contributed by atoms with van der Waals surface area (Å²) >= 11 is 0. The minimum atomic E-state index is -0.101. The number of benzene rings is 2. The zero-order valence-corrected chi connectivity index (χ0v) is 18.9. The summed E-state index contributed by atoms with van der Waals surface area (Å²) < 4.78 is 2.27. The van der Waals surface area contributed by atoms with Gasteiger partial charge >= 0.3 is 0 Å². The number of hydrazone groups is 1. The number of anilines is 1. The van der Waals surface area contributed by atoms with Crippen molar-refractivity contribution in [1.29, 1.82) is 0 Å². The molecule has 170 valence electrons. The Balaban J connectivity index is 1.41. The maximum atomic E-state index is 13.2. The molecule has 1 N–H and O–H groups in total. The van der Waals surface area contributed by atoms with E-state index in [1.807, 2.05) is 49.4 Å². The summed E-state index contributed by atoms with van der Waals surface area (Å²) in [5.74, 6) is -0.101. The van der Waals surface area contributed by atoms with Gasteiger partial charge in [0, 0.05) is 55.4 Å². The van der Waals surface area contributed by atoms with E-state index in [2.05, 4.69) is 43.9 Å². The predicted octanol–water partition coefficient (Wildman–Crippen LogP) is 3.01. The summed E-state index contributed by atoms with van der Waals surface area (Å²) in [7, 11) is 0. The van der Waals surface area contributed by atoms with Crippen LogP contribution in [0.3, 0.4) is 0 Å². The first-order chi connectivity index (χ1) is 16.1. The Kier molecular flexibility index (Phi) is 6.09. The SMILES string of the molecule is CC1=NN(c2ccccc2)C(=O)/C1=C/c1cn(CN2CCN(CCO)CC2)c2ccccc12. The zero-order chi connectivity index (χ0) is 22.8. The van der Waals surface area contributed by atoms with Gasteiger partial charge in [0.15, 0.2) is 0 Å². The second kappa shape index (κ2) is 9.31. The summed E-state index contributed by atoms with van der Waals surface area (Å²) in [6.07, 6.45) is 4.12. The van der Waals surface area contributed by atoms with Crippen LogP contribution in [0.1, 0.15) is 12.5 Å². The molecule has 0 atom stereocenters. The highest BCUT2D eigenvalue weighted by Gasteiger charge is 2.29. The number of carbonyl (C=O) groups excluding carboxylic acids is 1. The van der Waals surface area contributed by atoms with Gasteiger partial charge in [0.2, 0.25) is 0 Å². The minimum absolute atomic E-state index is 0.101. The number of piperazine rings is 1. The van der Waals surface area contributed by atoms with Gasteiger partial charge in [0.05, 0.1) is 30.2 Å². The third-order valence-corrected chi connectivity index (χ3v) is 6.42. The van der Waals surface area contributed by atoms with Crippen LogP contribution in [0.25, 0.3) is 17.0 Å². The van der Waals surface area contributed by atoms with E-state index in [4.69, 9.17) is 0 Å². The molecule has 0 aliphatic carbocycles. The second-order valence-electron chi connectivity index (χ2n) is 8.59. The van der Waals surface area contributed by atoms with E-state index in [0.29, 0.717) is 5.57 Å². The number of β-amino-alcohol motifs (C(OH)–C–C–N with tert-alkyl or cyclic N) is 1. The van der Waals surface area contributed by atoms with Gasteiger partial charge in [-0.25, -0.2) is 0 Å². The molecule has 2 aromatic carbocycles. The molecular weight excluding hydrogens is 414 g/mol. The molecule has 1 fully saturated rings. The normalized spacial score (nSPS) is 19.1. The van der Waals surface area contributed by atoms with Crippen LogP contribution in [-0.4, -0.2) is 70.4 Å². The number of rotatable bonds is 6. The van der Waals surface area contributed by atoms with Crippen LogP contribution in [0.2, 0.25) is 0 Å². The van der Waals surface area contributed by atoms with Crippen molar-refractivity contribution in [3.8, 4) is 0 Å². The predicted molar refractivity (Wildman–Crippen MR) is 132 cm³/mol. The molecule has 0 bridgehead atoms. The standard InChI is InChI=1S/C26H29N5O2/c1-20-24(26(33)31(27-20)22-7-3-2-4-8-22)17-21-18-30(25-10-6-5-9-23(21)25)19-29-13-11-28(12-14-29)15-16-32/h2-10,17-18,32H,11-16,19H2,1H3/b24-17+. The van der Waals surface area contributed by atoms with Crippen LogP contribution in [0.15, 0.2) is 71.5 Å². The van der Waals surface area contributed by atoms with Crippen LogP contribution < -0.4 is 5.01 Å². The van der Waals surface area contributed by atoms with Crippen molar-refractivity contribution in [2.24, 2.45) is 5.10 Å². The molecule has 3 heterocycles. The Labute approximate surface area is 193 Å². The first kappa shape index (κ1) is 21.6. The van der Waals surface area contributed by atoms with Crippen molar-refractivity contribution in [3.05, 3.63) is 71.9 Å². The molecule has 5 rings (SSSR count). The van der Waals surface area contributed by atoms with Crippen molar-refractivity contribution < 1.29 is 9.90 Å². The molecule has 0 spiro atoms. The third kappa shape index (κ3) is 4.35. The van der Waals surface area contributed by atoms with Gasteiger partial charge in [-0.05, 0) is 31.2 Å². The Bertz CT molecular complexity index is 1210. The third-order valence-electron chi connectivity index (χ3n) is 6.42. The number of aliphatic hydroxyl groups excluding tert-OH is 1. The number of fused-ring (bicyclic) bond motifs is 1. The average molecular weight is 444 g/mol. The summed E-state index contributed by atoms with van der Waals surface area (Å²) in [6, 6.07) is 17.9. The quantitative estimate of drug-likeness (QED) is 0.595. The maximum Gasteiger partial charge on any atom is 0.280 e. The molecule has 0 radical (unpaired) electrons. The number of carbonyl (C=O) groups is 1. The van der Waals surface area contributed by atoms with E-state index in [-0.39, 0.29) is 12.5 Å². The topological polar surface area (TPSA) is 64.3 Å². The number of nitrogens with zero attached hydrogens (tertiary/aromatic N) is 5. The molecule has 2 aliphatic rings. The van der Waals surface area contributed by atoms with Crippen molar-refractivity contribution in [1.82, 2.24) is 14.4 Å². The van der Waals surface area contributed by atoms with E-state index in [1.165, 1.54) is 5.01 Å². The Morgan fingerprint density at radius 1 is 0.970 bits per heavy atom. The summed E-state index contributed by atoms with van der Waals surface area (Å²) in [5, 5.41) is 16.3. The highest BCUT2D eigenvalue weighted by atomic mass is 16.3. The average Bonchev–Trinajstić information content (AvgIpc) is 3.33. The van der Waals surface area contributed by atoms with Gasteiger partial charge in [-0.1, -0.05) is 36.4 Å². The van der Waals surface area contributed by atoms with Gasteiger partial charge in [-0.3, -0.25) is 14.6 Å². The first-order valence-electron chi connectivity index (χ1n) is 11.4. The van der Waals surface area contributed by atoms with Crippen molar-refractivity contribution in [3.63, 3.8) is 0 Å². The van der Waals surface area contributed by atoms with Crippen LogP contribution in [0.5, 0.6) is 0 Å². The fourth-order valence-electron chi connectivity index (χ4n) is 4.60. The van der Waals surface area contributed by atoms with E-state index in [1.54, 1.807) is 0 Å². The molecule has 2 aliphatic heterocycles. The van der Waals surface area contributed by atoms with E-state index >= 15 is 0 Å². The first-order valence-corrected chi connectivity index (χ1v) is 11.4. The number of aromatic nitrogens is 1. The Morgan fingerprint density at radius 3 is 2.42 bits per heavy atom. The summed E-state index contributed by atoms with van der Waals surface area (Å²) in [5.41, 5.74) is 4.30. The van der Waals surface area contributed by atoms with Gasteiger partial charge in [0.1, 0.15) is 0 Å². The van der Waals surface area contributed by atoms with Crippen LogP contribution in [0, 0.1) is 0 Å². The fraction of sp³-hybridized carbons (Fsp3) is 0.308. The van der Waals surface area contributed by atoms with Crippen LogP contribution >= 0.6 is 0 Å². The highest BCUT2D eigenvalue weighted by Crippen LogP contribution is 2.28. The lowest BCUT2D eigenvalue weighted by molar-refractivity contribution is -0.114. The van der Waals surface area contributed by atoms with Gasteiger partial charge in [-0.2, -0.15) is 10.1 Å². The number of para-hydroxylation sites is 2. The zero-order valence-electron chi connectivity index (χ0n) is 18.9. The number of aliphatic hydroxyl groups is 1. The van der Waals surface area contributed by atoms with Crippen molar-refractivity contribution in [2.45, 2.75) is 13.6 Å². The Morgan fingerprint density at radius 2 is 1.67 bits per heavy atom. The molecule has 33 heavy (non-hydrogen) atoms. The van der Waals surface area contributed by atoms with Crippen molar-refractivity contribution >= 4 is 34.3 Å². The second-order valence-corrected chi connectivity index (χ2v) is 8.59. The monoisotopic (exact) mass is 443 g/mol. The molecule has 0 saturated carbocycles. The molecule has 7 heteroatoms. The van der Waals surface area contributed by atoms with Crippen molar-refractivity contribution in [2.75, 3.05) is 44.3 Å². The largest absolute Gasteiger partial charge is 0.395 e. The van der Waals surface area contributed by atoms with E-state index in [9.17, 15) is 9.90 Å². The minimum Gasteiger partial charge on any atom is -0.395 e. The van der Waals surface area contributed by atoms with E-state index in [0.717, 1.165) is 67.3 Å². The van der Waals surface area contributed by atoms with Crippen LogP contribution in [-0.2, 0) is 11.5 Å². The molecule has 0 unspecified atom stereocenters. The van der Waals surface area contributed by atoms with Gasteiger partial charge < -0.3 is 9.67 Å². The number of hydrogen-bond acceptors (Lipinski definition) is 5. The smallest absolute Gasteiger partial charge is 0.280 e. The molecule has 1 amide bonds. The number of amides is 1. The molecule has 1 aromatic heterocycles. The molecule has 7 nitrogen and oxygen atoms in total. The lowest BCUT2D eigenvalue weighted by Crippen LogP contribution is -2.47. The maximum absolute atomic E-state index is 13.2. The Hall–Kier alpha value is -3.26. The van der Waals surface area contributed by atoms with Gasteiger partial charge in [-0.15, -0.1) is 0 Å². The molecule has 1 saturated heterocycles. The number of hydrogen-bond donors (Lipinski definition) is 1. The fourth-order valence-corrected chi connectivity index (χ4v) is 4.60. The van der Waals surface area contributed by atoms with E-state index < -0.39 is 0 Å². The molecule has 3 aromatic rings. The highest BCUT2D eigenvalue weighted by molar-refractivity contribution is 6.32. The summed E-state index contributed by atoms with van der Waals surface area (Å²) in [4.78, 5) is 17.9. The lowest BCUT2D eigenvalue weighted by Gasteiger charge is -2.34. The summed E-state index contributed by atoms with van der Waals surface area (Å²) in [6.45, 7) is 7.52. The lowest BCUT2D eigenvalue weighted by atomic mass is 10.1. The van der Waals surface area contributed by atoms with Gasteiger partial charge in [0.25, 0.3) is 5.91 Å². The molecular formula is C26H29N5O2. The van der Waals surface area contributed by atoms with Crippen LogP contribution in [0.4, 0.5) is 5.69 Å².